The molecule has 2 atom stereocenters. The van der Waals surface area contributed by atoms with E-state index < -0.39 is 0 Å². The van der Waals surface area contributed by atoms with Crippen molar-refractivity contribution in [1.82, 2.24) is 5.32 Å². The van der Waals surface area contributed by atoms with Gasteiger partial charge in [-0.05, 0) is 37.8 Å². The van der Waals surface area contributed by atoms with Crippen LogP contribution >= 0.6 is 0 Å². The van der Waals surface area contributed by atoms with Crippen molar-refractivity contribution in [1.29, 1.82) is 0 Å². The molecule has 15 heavy (non-hydrogen) atoms. The summed E-state index contributed by atoms with van der Waals surface area (Å²) >= 11 is 0. The van der Waals surface area contributed by atoms with Gasteiger partial charge in [0, 0.05) is 0 Å². The van der Waals surface area contributed by atoms with Crippen LogP contribution < -0.4 is 5.32 Å². The fourth-order valence-corrected chi connectivity index (χ4v) is 1.77. The van der Waals surface area contributed by atoms with Gasteiger partial charge in [0.15, 0.2) is 0 Å². The van der Waals surface area contributed by atoms with Crippen LogP contribution in [0.25, 0.3) is 0 Å². The third-order valence-electron chi connectivity index (χ3n) is 3.29. The van der Waals surface area contributed by atoms with Gasteiger partial charge < -0.3 is 5.32 Å². The second-order valence-corrected chi connectivity index (χ2v) is 5.11. The zero-order chi connectivity index (χ0) is 11.5. The van der Waals surface area contributed by atoms with Crippen LogP contribution in [0.4, 0.5) is 0 Å². The number of hydrogen-bond acceptors (Lipinski definition) is 1. The van der Waals surface area contributed by atoms with E-state index in [2.05, 4.69) is 33.0 Å². The maximum atomic E-state index is 3.54. The third-order valence-corrected chi connectivity index (χ3v) is 3.29. The average Bonchev–Trinajstić information content (AvgIpc) is 2.24. The number of unbranched alkanes of at least 4 members (excludes halogenated alkanes) is 1. The fraction of sp³-hybridized carbons (Fsp3) is 1.00. The van der Waals surface area contributed by atoms with Crippen molar-refractivity contribution in [3.8, 4) is 0 Å². The predicted molar refractivity (Wildman–Crippen MR) is 70.2 cm³/mol. The van der Waals surface area contributed by atoms with Crippen molar-refractivity contribution in [2.24, 2.45) is 11.8 Å². The largest absolute Gasteiger partial charge is 0.316 e. The summed E-state index contributed by atoms with van der Waals surface area (Å²) in [5.74, 6) is 1.77. The summed E-state index contributed by atoms with van der Waals surface area (Å²) in [5, 5.41) is 3.54. The normalized spacial score (nSPS) is 15.2. The highest BCUT2D eigenvalue weighted by Gasteiger charge is 2.03. The molecule has 0 aliphatic rings. The SMILES string of the molecule is CCCCNCC(C)CCCC(C)CC. The minimum atomic E-state index is 0.853. The molecule has 0 rings (SSSR count). The maximum absolute atomic E-state index is 3.54. The van der Waals surface area contributed by atoms with Crippen molar-refractivity contribution in [3.05, 3.63) is 0 Å². The van der Waals surface area contributed by atoms with Gasteiger partial charge in [0.2, 0.25) is 0 Å². The highest BCUT2D eigenvalue weighted by molar-refractivity contribution is 4.59. The Balaban J connectivity index is 3.21. The number of nitrogens with one attached hydrogen (secondary N) is 1. The van der Waals surface area contributed by atoms with Gasteiger partial charge in [0.1, 0.15) is 0 Å². The van der Waals surface area contributed by atoms with Crippen molar-refractivity contribution < 1.29 is 0 Å². The molecule has 92 valence electrons. The van der Waals surface area contributed by atoms with Crippen LogP contribution in [0.15, 0.2) is 0 Å². The van der Waals surface area contributed by atoms with Crippen molar-refractivity contribution in [3.63, 3.8) is 0 Å². The van der Waals surface area contributed by atoms with Gasteiger partial charge in [-0.2, -0.15) is 0 Å². The van der Waals surface area contributed by atoms with Gasteiger partial charge in [-0.15, -0.1) is 0 Å². The molecular weight excluding hydrogens is 182 g/mol. The summed E-state index contributed by atoms with van der Waals surface area (Å²) in [7, 11) is 0. The van der Waals surface area contributed by atoms with Gasteiger partial charge in [-0.1, -0.05) is 53.4 Å². The molecule has 0 aliphatic heterocycles. The zero-order valence-electron chi connectivity index (χ0n) is 11.3. The monoisotopic (exact) mass is 213 g/mol. The first-order chi connectivity index (χ1) is 7.20. The highest BCUT2D eigenvalue weighted by atomic mass is 14.8. The molecule has 2 unspecified atom stereocenters. The maximum Gasteiger partial charge on any atom is -0.00232 e. The van der Waals surface area contributed by atoms with Crippen molar-refractivity contribution in [2.75, 3.05) is 13.1 Å². The van der Waals surface area contributed by atoms with E-state index >= 15 is 0 Å². The van der Waals surface area contributed by atoms with Gasteiger partial charge in [0.25, 0.3) is 0 Å². The van der Waals surface area contributed by atoms with E-state index in [9.17, 15) is 0 Å². The Bertz CT molecular complexity index is 123. The summed E-state index contributed by atoms with van der Waals surface area (Å²) < 4.78 is 0. The van der Waals surface area contributed by atoms with E-state index in [1.54, 1.807) is 0 Å². The summed E-state index contributed by atoms with van der Waals surface area (Å²) in [5.41, 5.74) is 0. The van der Waals surface area contributed by atoms with Crippen LogP contribution in [0, 0.1) is 11.8 Å². The van der Waals surface area contributed by atoms with Gasteiger partial charge in [0.05, 0.1) is 0 Å². The Morgan fingerprint density at radius 1 is 0.933 bits per heavy atom. The molecule has 1 nitrogen and oxygen atoms in total. The molecule has 0 heterocycles. The van der Waals surface area contributed by atoms with Crippen LogP contribution in [0.3, 0.4) is 0 Å². The zero-order valence-corrected chi connectivity index (χ0v) is 11.3. The lowest BCUT2D eigenvalue weighted by Gasteiger charge is -2.14. The molecule has 1 heteroatoms. The molecule has 0 spiro atoms. The van der Waals surface area contributed by atoms with Crippen LogP contribution in [0.1, 0.15) is 66.2 Å². The molecule has 0 amide bonds. The minimum absolute atomic E-state index is 0.853. The smallest absolute Gasteiger partial charge is 0.00232 e. The molecular formula is C14H31N. The summed E-state index contributed by atoms with van der Waals surface area (Å²) in [6.45, 7) is 11.7. The Morgan fingerprint density at radius 2 is 1.60 bits per heavy atom. The molecule has 0 aromatic rings. The first-order valence-electron chi connectivity index (χ1n) is 6.91. The number of hydrogen-bond donors (Lipinski definition) is 1. The Labute approximate surface area is 97.0 Å². The second kappa shape index (κ2) is 10.5. The van der Waals surface area contributed by atoms with E-state index in [-0.39, 0.29) is 0 Å². The lowest BCUT2D eigenvalue weighted by atomic mass is 9.97. The van der Waals surface area contributed by atoms with E-state index in [4.69, 9.17) is 0 Å². The molecule has 0 aliphatic carbocycles. The molecule has 0 aromatic heterocycles. The minimum Gasteiger partial charge on any atom is -0.316 e. The van der Waals surface area contributed by atoms with E-state index in [1.807, 2.05) is 0 Å². The van der Waals surface area contributed by atoms with E-state index in [0.29, 0.717) is 0 Å². The van der Waals surface area contributed by atoms with E-state index in [1.165, 1.54) is 51.6 Å². The Morgan fingerprint density at radius 3 is 2.20 bits per heavy atom. The number of rotatable bonds is 10. The topological polar surface area (TPSA) is 12.0 Å². The van der Waals surface area contributed by atoms with Crippen molar-refractivity contribution in [2.45, 2.75) is 66.2 Å². The lowest BCUT2D eigenvalue weighted by Crippen LogP contribution is -2.22. The summed E-state index contributed by atoms with van der Waals surface area (Å²) in [4.78, 5) is 0. The molecule has 0 fully saturated rings. The van der Waals surface area contributed by atoms with Crippen LogP contribution in [0.2, 0.25) is 0 Å². The average molecular weight is 213 g/mol. The fourth-order valence-electron chi connectivity index (χ4n) is 1.77. The molecule has 0 saturated heterocycles. The first-order valence-corrected chi connectivity index (χ1v) is 6.91. The summed E-state index contributed by atoms with van der Waals surface area (Å²) in [6, 6.07) is 0. The standard InChI is InChI=1S/C14H31N/c1-5-7-11-15-12-14(4)10-8-9-13(3)6-2/h13-15H,5-12H2,1-4H3. The van der Waals surface area contributed by atoms with Crippen molar-refractivity contribution >= 4 is 0 Å². The van der Waals surface area contributed by atoms with E-state index in [0.717, 1.165) is 11.8 Å². The molecule has 1 N–H and O–H groups in total. The van der Waals surface area contributed by atoms with Crippen LogP contribution in [0.5, 0.6) is 0 Å². The Kier molecular flexibility index (Phi) is 10.4. The quantitative estimate of drug-likeness (QED) is 0.536. The Hall–Kier alpha value is -0.0400. The highest BCUT2D eigenvalue weighted by Crippen LogP contribution is 2.14. The van der Waals surface area contributed by atoms with Crippen LogP contribution in [-0.4, -0.2) is 13.1 Å². The second-order valence-electron chi connectivity index (χ2n) is 5.11. The molecule has 0 radical (unpaired) electrons. The third kappa shape index (κ3) is 10.2. The summed E-state index contributed by atoms with van der Waals surface area (Å²) in [6.07, 6.45) is 8.17. The molecule has 0 saturated carbocycles. The lowest BCUT2D eigenvalue weighted by molar-refractivity contribution is 0.417. The van der Waals surface area contributed by atoms with Gasteiger partial charge in [-0.3, -0.25) is 0 Å². The van der Waals surface area contributed by atoms with Crippen LogP contribution in [-0.2, 0) is 0 Å². The van der Waals surface area contributed by atoms with Gasteiger partial charge in [-0.25, -0.2) is 0 Å². The predicted octanol–water partition coefficient (Wildman–Crippen LogP) is 4.23. The van der Waals surface area contributed by atoms with Gasteiger partial charge >= 0.3 is 0 Å². The molecule has 0 aromatic carbocycles. The molecule has 0 bridgehead atoms. The first kappa shape index (κ1) is 15.0.